The highest BCUT2D eigenvalue weighted by Gasteiger charge is 2.39. The Hall–Kier alpha value is -4.33. The van der Waals surface area contributed by atoms with Crippen LogP contribution in [0, 0.1) is 10.1 Å². The van der Waals surface area contributed by atoms with Gasteiger partial charge in [-0.15, -0.1) is 0 Å². The smallest absolute Gasteiger partial charge is 0.286 e. The number of hydrogen-bond acceptors (Lipinski definition) is 6. The molecule has 0 saturated carbocycles. The maximum atomic E-state index is 13.3. The van der Waals surface area contributed by atoms with Gasteiger partial charge in [0, 0.05) is 37.6 Å². The standard InChI is InChI=1S/C28H26N2O6/c1-34-25-17-22(23(30(32)33)18-26(25)35-2)27(31)29-14-12-28(13-15-29)11-10-21-16-20(8-9-24(21)36-28)19-6-4-3-5-7-19/h3-11,16-18H,12-15H2,1-2H3. The summed E-state index contributed by atoms with van der Waals surface area (Å²) in [6, 6.07) is 18.9. The van der Waals surface area contributed by atoms with Gasteiger partial charge in [-0.05, 0) is 29.3 Å². The molecule has 0 bridgehead atoms. The number of rotatable bonds is 5. The normalized spacial score (nSPS) is 15.7. The predicted molar refractivity (Wildman–Crippen MR) is 136 cm³/mol. The Bertz CT molecular complexity index is 1340. The summed E-state index contributed by atoms with van der Waals surface area (Å²) in [6.07, 6.45) is 5.32. The first-order valence-electron chi connectivity index (χ1n) is 11.7. The monoisotopic (exact) mass is 486 g/mol. The van der Waals surface area contributed by atoms with E-state index in [0.717, 1.165) is 22.4 Å². The van der Waals surface area contributed by atoms with Gasteiger partial charge in [-0.1, -0.05) is 42.5 Å². The second-order valence-corrected chi connectivity index (χ2v) is 8.89. The fraction of sp³-hybridized carbons (Fsp3) is 0.250. The molecule has 0 atom stereocenters. The lowest BCUT2D eigenvalue weighted by Crippen LogP contribution is -2.49. The van der Waals surface area contributed by atoms with Gasteiger partial charge < -0.3 is 19.1 Å². The van der Waals surface area contributed by atoms with Gasteiger partial charge in [-0.3, -0.25) is 14.9 Å². The van der Waals surface area contributed by atoms with E-state index in [2.05, 4.69) is 36.4 Å². The van der Waals surface area contributed by atoms with Crippen molar-refractivity contribution >= 4 is 17.7 Å². The Kier molecular flexibility index (Phi) is 6.10. The van der Waals surface area contributed by atoms with E-state index in [4.69, 9.17) is 14.2 Å². The van der Waals surface area contributed by atoms with Crippen molar-refractivity contribution in [3.8, 4) is 28.4 Å². The van der Waals surface area contributed by atoms with Crippen molar-refractivity contribution in [1.29, 1.82) is 0 Å². The van der Waals surface area contributed by atoms with Gasteiger partial charge >= 0.3 is 0 Å². The van der Waals surface area contributed by atoms with Crippen LogP contribution in [0.15, 0.2) is 66.7 Å². The van der Waals surface area contributed by atoms with Crippen molar-refractivity contribution in [3.05, 3.63) is 88.0 Å². The molecule has 8 nitrogen and oxygen atoms in total. The average molecular weight is 487 g/mol. The number of methoxy groups -OCH3 is 2. The number of nitrogens with zero attached hydrogens (tertiary/aromatic N) is 2. The molecule has 3 aromatic carbocycles. The fourth-order valence-electron chi connectivity index (χ4n) is 4.79. The number of piperidine rings is 1. The lowest BCUT2D eigenvalue weighted by Gasteiger charge is -2.42. The number of amides is 1. The number of hydrogen-bond donors (Lipinski definition) is 0. The summed E-state index contributed by atoms with van der Waals surface area (Å²) in [5.74, 6) is 0.871. The molecule has 1 spiro atoms. The zero-order valence-electron chi connectivity index (χ0n) is 20.1. The predicted octanol–water partition coefficient (Wildman–Crippen LogP) is 5.36. The lowest BCUT2D eigenvalue weighted by atomic mass is 9.87. The van der Waals surface area contributed by atoms with Crippen LogP contribution in [0.1, 0.15) is 28.8 Å². The quantitative estimate of drug-likeness (QED) is 0.356. The number of carbonyl (C=O) groups is 1. The Morgan fingerprint density at radius 3 is 2.33 bits per heavy atom. The first-order chi connectivity index (χ1) is 17.4. The van der Waals surface area contributed by atoms with Gasteiger partial charge in [-0.25, -0.2) is 0 Å². The minimum atomic E-state index is -0.575. The summed E-state index contributed by atoms with van der Waals surface area (Å²) in [4.78, 5) is 26.0. The number of nitro benzene ring substituents is 1. The molecule has 8 heteroatoms. The maximum Gasteiger partial charge on any atom is 0.286 e. The molecule has 0 radical (unpaired) electrons. The molecular weight excluding hydrogens is 460 g/mol. The molecule has 184 valence electrons. The SMILES string of the molecule is COc1cc(C(=O)N2CCC3(C=Cc4cc(-c5ccccc5)ccc4O3)CC2)c([N+](=O)[O-])cc1OC. The highest BCUT2D eigenvalue weighted by molar-refractivity contribution is 5.99. The number of ether oxygens (including phenoxy) is 3. The number of benzene rings is 3. The zero-order valence-corrected chi connectivity index (χ0v) is 20.1. The van der Waals surface area contributed by atoms with E-state index in [9.17, 15) is 14.9 Å². The zero-order chi connectivity index (χ0) is 25.3. The summed E-state index contributed by atoms with van der Waals surface area (Å²) in [6.45, 7) is 0.818. The number of likely N-dealkylation sites (tertiary alicyclic amines) is 1. The topological polar surface area (TPSA) is 91.1 Å². The van der Waals surface area contributed by atoms with Crippen LogP contribution in [-0.2, 0) is 0 Å². The van der Waals surface area contributed by atoms with Crippen molar-refractivity contribution in [2.45, 2.75) is 18.4 Å². The molecule has 36 heavy (non-hydrogen) atoms. The first kappa shape index (κ1) is 23.4. The molecule has 0 unspecified atom stereocenters. The summed E-state index contributed by atoms with van der Waals surface area (Å²) >= 11 is 0. The molecule has 0 N–H and O–H groups in total. The third-order valence-corrected chi connectivity index (χ3v) is 6.82. The van der Waals surface area contributed by atoms with E-state index in [1.165, 1.54) is 26.4 Å². The molecule has 1 fully saturated rings. The minimum Gasteiger partial charge on any atom is -0.493 e. The third kappa shape index (κ3) is 4.26. The Labute approximate surface area is 208 Å². The molecule has 5 rings (SSSR count). The maximum absolute atomic E-state index is 13.3. The van der Waals surface area contributed by atoms with Crippen molar-refractivity contribution in [1.82, 2.24) is 4.90 Å². The van der Waals surface area contributed by atoms with Crippen LogP contribution in [0.4, 0.5) is 5.69 Å². The molecule has 1 amide bonds. The van der Waals surface area contributed by atoms with Crippen LogP contribution in [0.3, 0.4) is 0 Å². The van der Waals surface area contributed by atoms with Gasteiger partial charge in [0.2, 0.25) is 0 Å². The van der Waals surface area contributed by atoms with Crippen molar-refractivity contribution in [2.24, 2.45) is 0 Å². The van der Waals surface area contributed by atoms with Gasteiger partial charge in [0.1, 0.15) is 16.9 Å². The molecule has 3 aromatic rings. The summed E-state index contributed by atoms with van der Waals surface area (Å²) in [7, 11) is 2.82. The number of nitro groups is 1. The van der Waals surface area contributed by atoms with Crippen LogP contribution in [0.5, 0.6) is 17.2 Å². The number of carbonyl (C=O) groups excluding carboxylic acids is 1. The first-order valence-corrected chi connectivity index (χ1v) is 11.7. The molecule has 0 aromatic heterocycles. The van der Waals surface area contributed by atoms with Crippen molar-refractivity contribution < 1.29 is 23.9 Å². The fourth-order valence-corrected chi connectivity index (χ4v) is 4.79. The second-order valence-electron chi connectivity index (χ2n) is 8.89. The van der Waals surface area contributed by atoms with Gasteiger partial charge in [0.05, 0.1) is 25.2 Å². The minimum absolute atomic E-state index is 0.0208. The molecule has 2 aliphatic heterocycles. The van der Waals surface area contributed by atoms with Crippen LogP contribution >= 0.6 is 0 Å². The van der Waals surface area contributed by atoms with Crippen molar-refractivity contribution in [2.75, 3.05) is 27.3 Å². The molecule has 1 saturated heterocycles. The molecule has 0 aliphatic carbocycles. The second kappa shape index (κ2) is 9.37. The van der Waals surface area contributed by atoms with E-state index in [1.807, 2.05) is 24.3 Å². The van der Waals surface area contributed by atoms with E-state index >= 15 is 0 Å². The van der Waals surface area contributed by atoms with Gasteiger partial charge in [0.25, 0.3) is 11.6 Å². The largest absolute Gasteiger partial charge is 0.493 e. The lowest BCUT2D eigenvalue weighted by molar-refractivity contribution is -0.385. The van der Waals surface area contributed by atoms with Crippen LogP contribution in [0.2, 0.25) is 0 Å². The molecule has 2 heterocycles. The highest BCUT2D eigenvalue weighted by Crippen LogP contribution is 2.40. The Morgan fingerprint density at radius 2 is 1.67 bits per heavy atom. The third-order valence-electron chi connectivity index (χ3n) is 6.82. The molecule has 2 aliphatic rings. The van der Waals surface area contributed by atoms with Crippen LogP contribution in [-0.4, -0.2) is 48.6 Å². The summed E-state index contributed by atoms with van der Waals surface area (Å²) < 4.78 is 16.9. The van der Waals surface area contributed by atoms with Gasteiger partial charge in [0.15, 0.2) is 11.5 Å². The van der Waals surface area contributed by atoms with E-state index < -0.39 is 16.4 Å². The van der Waals surface area contributed by atoms with E-state index in [0.29, 0.717) is 25.9 Å². The molecular formula is C28H26N2O6. The van der Waals surface area contributed by atoms with E-state index in [-0.39, 0.29) is 22.7 Å². The Balaban J connectivity index is 1.33. The summed E-state index contributed by atoms with van der Waals surface area (Å²) in [5, 5.41) is 11.7. The Morgan fingerprint density at radius 1 is 0.972 bits per heavy atom. The van der Waals surface area contributed by atoms with E-state index in [1.54, 1.807) is 4.90 Å². The van der Waals surface area contributed by atoms with Crippen LogP contribution < -0.4 is 14.2 Å². The van der Waals surface area contributed by atoms with Crippen LogP contribution in [0.25, 0.3) is 17.2 Å². The number of fused-ring (bicyclic) bond motifs is 1. The van der Waals surface area contributed by atoms with Crippen molar-refractivity contribution in [3.63, 3.8) is 0 Å². The van der Waals surface area contributed by atoms with Gasteiger partial charge in [-0.2, -0.15) is 0 Å². The summed E-state index contributed by atoms with van der Waals surface area (Å²) in [5.41, 5.74) is 2.44. The highest BCUT2D eigenvalue weighted by atomic mass is 16.6. The average Bonchev–Trinajstić information content (AvgIpc) is 2.92.